The molecule has 2 fully saturated rings. The second kappa shape index (κ2) is 8.53. The first kappa shape index (κ1) is 23.4. The molecule has 0 atom stereocenters. The molecule has 1 saturated carbocycles. The average molecular weight is 488 g/mol. The lowest BCUT2D eigenvalue weighted by Gasteiger charge is -2.35. The Bertz CT molecular complexity index is 1210. The molecule has 0 radical (unpaired) electrons. The van der Waals surface area contributed by atoms with Gasteiger partial charge in [0.05, 0.1) is 12.2 Å². The Hall–Kier alpha value is -2.78. The van der Waals surface area contributed by atoms with Crippen LogP contribution in [0.5, 0.6) is 0 Å². The fourth-order valence-corrected chi connectivity index (χ4v) is 4.53. The molecule has 1 amide bonds. The van der Waals surface area contributed by atoms with Crippen LogP contribution in [0.3, 0.4) is 0 Å². The first-order valence-corrected chi connectivity index (χ1v) is 11.8. The van der Waals surface area contributed by atoms with Crippen LogP contribution in [0.2, 0.25) is 0 Å². The molecule has 11 nitrogen and oxygen atoms in total. The van der Waals surface area contributed by atoms with Gasteiger partial charge in [0.25, 0.3) is 5.91 Å². The van der Waals surface area contributed by atoms with Crippen molar-refractivity contribution in [2.45, 2.75) is 37.6 Å². The summed E-state index contributed by atoms with van der Waals surface area (Å²) >= 11 is 0. The van der Waals surface area contributed by atoms with Crippen LogP contribution in [0.25, 0.3) is 5.78 Å². The number of alkyl halides is 3. The summed E-state index contributed by atoms with van der Waals surface area (Å²) in [6, 6.07) is 0. The summed E-state index contributed by atoms with van der Waals surface area (Å²) in [5, 5.41) is 5.30. The van der Waals surface area contributed by atoms with Crippen LogP contribution in [-0.4, -0.2) is 76.0 Å². The van der Waals surface area contributed by atoms with Crippen LogP contribution in [0, 0.1) is 0 Å². The van der Waals surface area contributed by atoms with Gasteiger partial charge in [0.2, 0.25) is 5.78 Å². The third-order valence-electron chi connectivity index (χ3n) is 5.56. The lowest BCUT2D eigenvalue weighted by molar-refractivity contribution is -0.0490. The molecule has 1 aliphatic carbocycles. The molecule has 180 valence electrons. The molecule has 0 bridgehead atoms. The SMILES string of the molecule is CCc1nc2ncc(C3CC3)cn2c1C(=O)N/N=C1/CN(S(=O)(=O)C(F)(F)F)CCN1NC. The van der Waals surface area contributed by atoms with Gasteiger partial charge in [-0.05, 0) is 30.7 Å². The third-order valence-corrected chi connectivity index (χ3v) is 7.14. The monoisotopic (exact) mass is 488 g/mol. The number of hydrazine groups is 1. The number of fused-ring (bicyclic) bond motifs is 1. The number of hydrogen-bond acceptors (Lipinski definition) is 7. The molecule has 0 spiro atoms. The maximum Gasteiger partial charge on any atom is 0.511 e. The van der Waals surface area contributed by atoms with Crippen LogP contribution in [0.4, 0.5) is 13.2 Å². The zero-order chi connectivity index (χ0) is 24.0. The van der Waals surface area contributed by atoms with Crippen molar-refractivity contribution in [1.82, 2.24) is 34.5 Å². The van der Waals surface area contributed by atoms with Crippen molar-refractivity contribution in [3.63, 3.8) is 0 Å². The number of nitrogens with one attached hydrogen (secondary N) is 2. The molecule has 1 saturated heterocycles. The third kappa shape index (κ3) is 4.39. The van der Waals surface area contributed by atoms with E-state index in [0.717, 1.165) is 18.4 Å². The van der Waals surface area contributed by atoms with E-state index in [1.807, 2.05) is 13.1 Å². The molecule has 15 heteroatoms. The highest BCUT2D eigenvalue weighted by molar-refractivity contribution is 7.90. The normalized spacial score (nSPS) is 19.4. The standard InChI is InChI=1S/C18H23F3N8O3S/c1-3-13-15(28-9-12(11-4-5-11)8-23-17(28)24-13)16(30)26-25-14-10-27(6-7-29(14)22-2)33(31,32)18(19,20)21/h8-9,11,22H,3-7,10H2,1-2H3,(H,26,30)/b25-14-. The highest BCUT2D eigenvalue weighted by Gasteiger charge is 2.51. The van der Waals surface area contributed by atoms with Gasteiger partial charge in [0.15, 0.2) is 5.84 Å². The van der Waals surface area contributed by atoms with E-state index in [1.54, 1.807) is 10.6 Å². The van der Waals surface area contributed by atoms with E-state index in [9.17, 15) is 26.4 Å². The Morgan fingerprint density at radius 2 is 2.03 bits per heavy atom. The largest absolute Gasteiger partial charge is 0.511 e. The van der Waals surface area contributed by atoms with E-state index in [-0.39, 0.29) is 22.4 Å². The molecule has 2 N–H and O–H groups in total. The maximum atomic E-state index is 13.0. The Morgan fingerprint density at radius 1 is 1.30 bits per heavy atom. The molecule has 33 heavy (non-hydrogen) atoms. The van der Waals surface area contributed by atoms with Gasteiger partial charge >= 0.3 is 15.5 Å². The average Bonchev–Trinajstić information content (AvgIpc) is 3.56. The van der Waals surface area contributed by atoms with Gasteiger partial charge in [-0.15, -0.1) is 0 Å². The van der Waals surface area contributed by atoms with E-state index in [4.69, 9.17) is 0 Å². The molecule has 1 aliphatic heterocycles. The Balaban J connectivity index is 1.61. The fourth-order valence-electron chi connectivity index (χ4n) is 3.63. The van der Waals surface area contributed by atoms with Crippen LogP contribution in [0.15, 0.2) is 17.5 Å². The van der Waals surface area contributed by atoms with Gasteiger partial charge in [-0.1, -0.05) is 6.92 Å². The van der Waals surface area contributed by atoms with Crippen LogP contribution < -0.4 is 10.9 Å². The number of hydrazone groups is 1. The predicted octanol–water partition coefficient (Wildman–Crippen LogP) is 0.814. The summed E-state index contributed by atoms with van der Waals surface area (Å²) in [4.78, 5) is 21.7. The van der Waals surface area contributed by atoms with Crippen LogP contribution in [0.1, 0.15) is 47.4 Å². The number of aromatic nitrogens is 3. The second-order valence-corrected chi connectivity index (χ2v) is 9.65. The van der Waals surface area contributed by atoms with Gasteiger partial charge in [-0.3, -0.25) is 14.2 Å². The van der Waals surface area contributed by atoms with Gasteiger partial charge in [0, 0.05) is 32.5 Å². The Labute approximate surface area is 187 Å². The fraction of sp³-hybridized carbons (Fsp3) is 0.556. The number of hydrogen-bond donors (Lipinski definition) is 2. The number of carbonyl (C=O) groups is 1. The number of amides is 1. The summed E-state index contributed by atoms with van der Waals surface area (Å²) < 4.78 is 64.4. The van der Waals surface area contributed by atoms with E-state index in [1.165, 1.54) is 12.1 Å². The van der Waals surface area contributed by atoms with Crippen molar-refractivity contribution in [3.05, 3.63) is 29.3 Å². The topological polar surface area (TPSA) is 124 Å². The Kier molecular flexibility index (Phi) is 6.05. The minimum atomic E-state index is -5.53. The minimum Gasteiger partial charge on any atom is -0.292 e. The van der Waals surface area contributed by atoms with E-state index >= 15 is 0 Å². The van der Waals surface area contributed by atoms with Crippen LogP contribution in [-0.2, 0) is 16.4 Å². The van der Waals surface area contributed by atoms with Crippen LogP contribution >= 0.6 is 0 Å². The molecular formula is C18H23F3N8O3S. The molecule has 0 aromatic carbocycles. The number of rotatable bonds is 6. The van der Waals surface area contributed by atoms with E-state index < -0.39 is 34.5 Å². The molecule has 2 aromatic heterocycles. The summed E-state index contributed by atoms with van der Waals surface area (Å²) in [7, 11) is -4.02. The van der Waals surface area contributed by atoms with Crippen molar-refractivity contribution < 1.29 is 26.4 Å². The molecule has 0 unspecified atom stereocenters. The second-order valence-electron chi connectivity index (χ2n) is 7.72. The zero-order valence-corrected chi connectivity index (χ0v) is 18.7. The quantitative estimate of drug-likeness (QED) is 0.577. The number of nitrogens with zero attached hydrogens (tertiary/aromatic N) is 6. The van der Waals surface area contributed by atoms with Gasteiger partial charge in [-0.2, -0.15) is 22.6 Å². The summed E-state index contributed by atoms with van der Waals surface area (Å²) in [5.74, 6) is 0.0339. The predicted molar refractivity (Wildman–Crippen MR) is 112 cm³/mol. The zero-order valence-electron chi connectivity index (χ0n) is 17.9. The number of imidazole rings is 1. The van der Waals surface area contributed by atoms with Crippen molar-refractivity contribution in [2.24, 2.45) is 5.10 Å². The number of aryl methyl sites for hydroxylation is 1. The lowest BCUT2D eigenvalue weighted by atomic mass is 10.2. The van der Waals surface area contributed by atoms with Crippen molar-refractivity contribution in [2.75, 3.05) is 26.7 Å². The van der Waals surface area contributed by atoms with Crippen molar-refractivity contribution in [3.8, 4) is 0 Å². The first-order chi connectivity index (χ1) is 15.6. The van der Waals surface area contributed by atoms with Crippen molar-refractivity contribution in [1.29, 1.82) is 0 Å². The number of piperazine rings is 1. The molecule has 2 aromatic rings. The smallest absolute Gasteiger partial charge is 0.292 e. The number of halogens is 3. The first-order valence-electron chi connectivity index (χ1n) is 10.3. The number of amidine groups is 1. The number of carbonyl (C=O) groups excluding carboxylic acids is 1. The van der Waals surface area contributed by atoms with Gasteiger partial charge in [0.1, 0.15) is 5.69 Å². The van der Waals surface area contributed by atoms with Gasteiger partial charge < -0.3 is 0 Å². The molecular weight excluding hydrogens is 465 g/mol. The summed E-state index contributed by atoms with van der Waals surface area (Å²) in [6.07, 6.45) is 6.10. The molecule has 2 aliphatic rings. The molecule has 3 heterocycles. The highest BCUT2D eigenvalue weighted by Crippen LogP contribution is 2.39. The van der Waals surface area contributed by atoms with E-state index in [0.29, 0.717) is 23.8 Å². The van der Waals surface area contributed by atoms with Gasteiger partial charge in [-0.25, -0.2) is 29.2 Å². The van der Waals surface area contributed by atoms with E-state index in [2.05, 4.69) is 25.9 Å². The summed E-state index contributed by atoms with van der Waals surface area (Å²) in [6.45, 7) is 0.684. The minimum absolute atomic E-state index is 0.0893. The highest BCUT2D eigenvalue weighted by atomic mass is 32.2. The molecule has 4 rings (SSSR count). The maximum absolute atomic E-state index is 13.0. The Morgan fingerprint density at radius 3 is 2.64 bits per heavy atom. The summed E-state index contributed by atoms with van der Waals surface area (Å²) in [5.41, 5.74) is 1.33. The van der Waals surface area contributed by atoms with Crippen molar-refractivity contribution >= 4 is 27.5 Å². The number of sulfonamides is 1. The lowest BCUT2D eigenvalue weighted by Crippen LogP contribution is -2.58.